The fourth-order valence-corrected chi connectivity index (χ4v) is 4.95. The van der Waals surface area contributed by atoms with Gasteiger partial charge in [0.2, 0.25) is 10.0 Å². The second-order valence-electron chi connectivity index (χ2n) is 4.37. The fourth-order valence-electron chi connectivity index (χ4n) is 1.70. The molecule has 0 aliphatic carbocycles. The Kier molecular flexibility index (Phi) is 4.76. The van der Waals surface area contributed by atoms with Crippen molar-refractivity contribution < 1.29 is 17.2 Å². The molecule has 0 aliphatic rings. The van der Waals surface area contributed by atoms with Crippen molar-refractivity contribution in [2.24, 2.45) is 0 Å². The third-order valence-corrected chi connectivity index (χ3v) is 6.22. The predicted molar refractivity (Wildman–Crippen MR) is 79.6 cm³/mol. The molecule has 2 aromatic rings. The zero-order chi connectivity index (χ0) is 15.8. The van der Waals surface area contributed by atoms with E-state index < -0.39 is 32.6 Å². The molecule has 0 saturated heterocycles. The van der Waals surface area contributed by atoms with Crippen molar-refractivity contribution >= 4 is 37.3 Å². The van der Waals surface area contributed by atoms with Gasteiger partial charge in [0.1, 0.15) is 21.5 Å². The monoisotopic (exact) mass is 396 g/mol. The number of aryl methyl sites for hydroxylation is 1. The van der Waals surface area contributed by atoms with Crippen LogP contribution in [0.25, 0.3) is 0 Å². The van der Waals surface area contributed by atoms with Crippen molar-refractivity contribution in [3.05, 3.63) is 44.3 Å². The highest BCUT2D eigenvalue weighted by molar-refractivity contribution is 9.10. The largest absolute Gasteiger partial charge is 0.245 e. The molecule has 21 heavy (non-hydrogen) atoms. The molecule has 0 amide bonds. The fraction of sp³-hybridized carbons (Fsp3) is 0.250. The number of hydrogen-bond acceptors (Lipinski definition) is 4. The molecular weight excluding hydrogens is 386 g/mol. The van der Waals surface area contributed by atoms with Gasteiger partial charge in [0, 0.05) is 21.6 Å². The van der Waals surface area contributed by atoms with Crippen LogP contribution >= 0.6 is 27.3 Å². The molecule has 2 rings (SSSR count). The molecular formula is C12H11BrF2N2O2S2. The SMILES string of the molecule is Cc1csc(C(C)NS(=O)(=O)c2c(F)cc(F)cc2Br)n1. The van der Waals surface area contributed by atoms with E-state index in [2.05, 4.69) is 25.6 Å². The first-order chi connectivity index (χ1) is 9.70. The summed E-state index contributed by atoms with van der Waals surface area (Å²) in [5, 5.41) is 2.35. The summed E-state index contributed by atoms with van der Waals surface area (Å²) in [5.74, 6) is -2.01. The Bertz CT molecular complexity index is 754. The van der Waals surface area contributed by atoms with Crippen LogP contribution in [-0.2, 0) is 10.0 Å². The number of thiazole rings is 1. The van der Waals surface area contributed by atoms with Gasteiger partial charge < -0.3 is 0 Å². The summed E-state index contributed by atoms with van der Waals surface area (Å²) < 4.78 is 53.5. The van der Waals surface area contributed by atoms with E-state index in [4.69, 9.17) is 0 Å². The van der Waals surface area contributed by atoms with Crippen LogP contribution in [-0.4, -0.2) is 13.4 Å². The van der Waals surface area contributed by atoms with Gasteiger partial charge >= 0.3 is 0 Å². The second kappa shape index (κ2) is 6.07. The number of aromatic nitrogens is 1. The standard InChI is InChI=1S/C12H11BrF2N2O2S2/c1-6-5-20-12(16-6)7(2)17-21(18,19)11-9(13)3-8(14)4-10(11)15/h3-5,7,17H,1-2H3. The summed E-state index contributed by atoms with van der Waals surface area (Å²) in [7, 11) is -4.15. The molecule has 1 heterocycles. The maximum atomic E-state index is 13.8. The Morgan fingerprint density at radius 1 is 1.38 bits per heavy atom. The first-order valence-corrected chi connectivity index (χ1v) is 8.95. The molecule has 0 fully saturated rings. The molecule has 1 unspecified atom stereocenters. The Balaban J connectivity index is 2.35. The minimum atomic E-state index is -4.15. The van der Waals surface area contributed by atoms with Crippen LogP contribution in [0.15, 0.2) is 26.9 Å². The van der Waals surface area contributed by atoms with E-state index in [1.54, 1.807) is 19.2 Å². The van der Waals surface area contributed by atoms with E-state index in [1.807, 2.05) is 0 Å². The molecule has 1 N–H and O–H groups in total. The minimum Gasteiger partial charge on any atom is -0.245 e. The van der Waals surface area contributed by atoms with Crippen molar-refractivity contribution in [3.63, 3.8) is 0 Å². The summed E-state index contributed by atoms with van der Waals surface area (Å²) in [6.45, 7) is 3.39. The van der Waals surface area contributed by atoms with Crippen molar-refractivity contribution in [1.82, 2.24) is 9.71 Å². The van der Waals surface area contributed by atoms with Crippen LogP contribution < -0.4 is 4.72 Å². The van der Waals surface area contributed by atoms with Gasteiger partial charge in [-0.05, 0) is 35.8 Å². The average molecular weight is 397 g/mol. The number of nitrogens with zero attached hydrogens (tertiary/aromatic N) is 1. The lowest BCUT2D eigenvalue weighted by Crippen LogP contribution is -2.28. The van der Waals surface area contributed by atoms with Gasteiger partial charge in [-0.15, -0.1) is 11.3 Å². The first kappa shape index (κ1) is 16.5. The van der Waals surface area contributed by atoms with E-state index in [0.717, 1.165) is 11.8 Å². The minimum absolute atomic E-state index is 0.171. The van der Waals surface area contributed by atoms with Crippen LogP contribution in [0.3, 0.4) is 0 Å². The third-order valence-electron chi connectivity index (χ3n) is 2.57. The molecule has 0 aliphatic heterocycles. The Morgan fingerprint density at radius 3 is 2.57 bits per heavy atom. The van der Waals surface area contributed by atoms with Gasteiger partial charge in [-0.1, -0.05) is 0 Å². The number of halogens is 3. The van der Waals surface area contributed by atoms with E-state index >= 15 is 0 Å². The highest BCUT2D eigenvalue weighted by Crippen LogP contribution is 2.28. The number of rotatable bonds is 4. The molecule has 0 bridgehead atoms. The zero-order valence-corrected chi connectivity index (χ0v) is 14.2. The lowest BCUT2D eigenvalue weighted by molar-refractivity contribution is 0.534. The van der Waals surface area contributed by atoms with Crippen molar-refractivity contribution in [2.75, 3.05) is 0 Å². The normalized spacial score (nSPS) is 13.4. The van der Waals surface area contributed by atoms with Crippen LogP contribution in [0.5, 0.6) is 0 Å². The van der Waals surface area contributed by atoms with Gasteiger partial charge in [-0.25, -0.2) is 26.9 Å². The van der Waals surface area contributed by atoms with E-state index in [0.29, 0.717) is 11.1 Å². The maximum Gasteiger partial charge on any atom is 0.245 e. The summed E-state index contributed by atoms with van der Waals surface area (Å²) in [6, 6.07) is 0.804. The maximum absolute atomic E-state index is 13.8. The smallest absolute Gasteiger partial charge is 0.245 e. The Labute approximate surface area is 133 Å². The highest BCUT2D eigenvalue weighted by Gasteiger charge is 2.26. The number of benzene rings is 1. The first-order valence-electron chi connectivity index (χ1n) is 5.79. The number of nitrogens with one attached hydrogen (secondary N) is 1. The zero-order valence-electron chi connectivity index (χ0n) is 11.0. The average Bonchev–Trinajstić information content (AvgIpc) is 2.73. The lowest BCUT2D eigenvalue weighted by Gasteiger charge is -2.13. The Morgan fingerprint density at radius 2 is 2.05 bits per heavy atom. The van der Waals surface area contributed by atoms with Crippen LogP contribution in [0.4, 0.5) is 8.78 Å². The van der Waals surface area contributed by atoms with Gasteiger partial charge in [-0.2, -0.15) is 0 Å². The van der Waals surface area contributed by atoms with Gasteiger partial charge in [0.25, 0.3) is 0 Å². The van der Waals surface area contributed by atoms with Gasteiger partial charge in [0.05, 0.1) is 6.04 Å². The van der Waals surface area contributed by atoms with Crippen LogP contribution in [0.2, 0.25) is 0 Å². The van der Waals surface area contributed by atoms with E-state index in [1.165, 1.54) is 11.3 Å². The van der Waals surface area contributed by atoms with E-state index in [-0.39, 0.29) is 4.47 Å². The topological polar surface area (TPSA) is 59.1 Å². The number of sulfonamides is 1. The lowest BCUT2D eigenvalue weighted by atomic mass is 10.3. The van der Waals surface area contributed by atoms with Crippen LogP contribution in [0, 0.1) is 18.6 Å². The van der Waals surface area contributed by atoms with Crippen molar-refractivity contribution in [2.45, 2.75) is 24.8 Å². The molecule has 1 atom stereocenters. The predicted octanol–water partition coefficient (Wildman–Crippen LogP) is 3.53. The summed E-state index contributed by atoms with van der Waals surface area (Å²) >= 11 is 4.17. The highest BCUT2D eigenvalue weighted by atomic mass is 79.9. The van der Waals surface area contributed by atoms with E-state index in [9.17, 15) is 17.2 Å². The summed E-state index contributed by atoms with van der Waals surface area (Å²) in [6.07, 6.45) is 0. The molecule has 0 saturated carbocycles. The van der Waals surface area contributed by atoms with Crippen LogP contribution in [0.1, 0.15) is 23.7 Å². The summed E-state index contributed by atoms with van der Waals surface area (Å²) in [4.78, 5) is 3.55. The Hall–Kier alpha value is -0.900. The quantitative estimate of drug-likeness (QED) is 0.859. The molecule has 1 aromatic heterocycles. The van der Waals surface area contributed by atoms with Gasteiger partial charge in [0.15, 0.2) is 0 Å². The van der Waals surface area contributed by atoms with Crippen molar-refractivity contribution in [1.29, 1.82) is 0 Å². The molecule has 0 spiro atoms. The third kappa shape index (κ3) is 3.65. The second-order valence-corrected chi connectivity index (χ2v) is 7.76. The van der Waals surface area contributed by atoms with Crippen molar-refractivity contribution in [3.8, 4) is 0 Å². The molecule has 4 nitrogen and oxygen atoms in total. The summed E-state index contributed by atoms with van der Waals surface area (Å²) in [5.41, 5.74) is 0.773. The number of hydrogen-bond donors (Lipinski definition) is 1. The molecule has 1 aromatic carbocycles. The molecule has 9 heteroatoms. The molecule has 0 radical (unpaired) electrons. The van der Waals surface area contributed by atoms with Gasteiger partial charge in [-0.3, -0.25) is 0 Å². The molecule has 114 valence electrons.